The third-order valence-corrected chi connectivity index (χ3v) is 7.43. The van der Waals surface area contributed by atoms with Gasteiger partial charge in [-0.25, -0.2) is 8.42 Å². The molecule has 0 aromatic heterocycles. The summed E-state index contributed by atoms with van der Waals surface area (Å²) in [6.45, 7) is 10.1. The molecule has 2 aromatic carbocycles. The van der Waals surface area contributed by atoms with Gasteiger partial charge in [0, 0.05) is 18.8 Å². The van der Waals surface area contributed by atoms with Crippen LogP contribution in [0.2, 0.25) is 0 Å². The van der Waals surface area contributed by atoms with Gasteiger partial charge in [0.25, 0.3) is 0 Å². The zero-order valence-corrected chi connectivity index (χ0v) is 21.2. The second-order valence-corrected chi connectivity index (χ2v) is 11.5. The predicted molar refractivity (Wildman–Crippen MR) is 136 cm³/mol. The van der Waals surface area contributed by atoms with Crippen molar-refractivity contribution < 1.29 is 13.2 Å². The summed E-state index contributed by atoms with van der Waals surface area (Å²) < 4.78 is 26.3. The van der Waals surface area contributed by atoms with Crippen LogP contribution in [0.3, 0.4) is 0 Å². The van der Waals surface area contributed by atoms with Gasteiger partial charge in [-0.2, -0.15) is 0 Å². The van der Waals surface area contributed by atoms with Crippen molar-refractivity contribution in [1.29, 1.82) is 0 Å². The highest BCUT2D eigenvalue weighted by molar-refractivity contribution is 7.92. The van der Waals surface area contributed by atoms with E-state index in [0.717, 1.165) is 30.5 Å². The summed E-state index contributed by atoms with van der Waals surface area (Å²) in [7, 11) is -3.63. The quantitative estimate of drug-likeness (QED) is 0.606. The Balaban J connectivity index is 1.69. The molecule has 0 aliphatic carbocycles. The minimum atomic E-state index is -3.63. The van der Waals surface area contributed by atoms with Gasteiger partial charge in [0.15, 0.2) is 0 Å². The van der Waals surface area contributed by atoms with Crippen LogP contribution in [0.1, 0.15) is 63.6 Å². The maximum Gasteiger partial charge on any atom is 0.241 e. The molecule has 33 heavy (non-hydrogen) atoms. The number of hydrogen-bond donors (Lipinski definition) is 1. The Bertz CT molecular complexity index is 1050. The molecule has 6 nitrogen and oxygen atoms in total. The number of nitrogens with zero attached hydrogens (tertiary/aromatic N) is 2. The van der Waals surface area contributed by atoms with Crippen molar-refractivity contribution in [2.24, 2.45) is 5.92 Å². The molecule has 2 unspecified atom stereocenters. The number of hydrogen-bond acceptors (Lipinski definition) is 4. The van der Waals surface area contributed by atoms with Crippen LogP contribution in [0.15, 0.2) is 48.5 Å². The summed E-state index contributed by atoms with van der Waals surface area (Å²) in [6.07, 6.45) is 3.64. The van der Waals surface area contributed by atoms with Crippen molar-refractivity contribution in [1.82, 2.24) is 5.32 Å². The molecular weight excluding hydrogens is 434 g/mol. The lowest BCUT2D eigenvalue weighted by molar-refractivity contribution is -0.120. The topological polar surface area (TPSA) is 69.7 Å². The van der Waals surface area contributed by atoms with E-state index in [-0.39, 0.29) is 24.4 Å². The fourth-order valence-corrected chi connectivity index (χ4v) is 5.36. The van der Waals surface area contributed by atoms with E-state index in [4.69, 9.17) is 0 Å². The maximum atomic E-state index is 12.9. The Morgan fingerprint density at radius 3 is 2.39 bits per heavy atom. The van der Waals surface area contributed by atoms with E-state index >= 15 is 0 Å². The molecule has 1 aliphatic rings. The van der Waals surface area contributed by atoms with Gasteiger partial charge in [0.2, 0.25) is 15.9 Å². The fraction of sp³-hybridized carbons (Fsp3) is 0.500. The van der Waals surface area contributed by atoms with Crippen LogP contribution in [0.5, 0.6) is 0 Å². The van der Waals surface area contributed by atoms with Gasteiger partial charge < -0.3 is 10.2 Å². The zero-order chi connectivity index (χ0) is 24.2. The van der Waals surface area contributed by atoms with Crippen molar-refractivity contribution in [3.8, 4) is 0 Å². The minimum absolute atomic E-state index is 0.133. The van der Waals surface area contributed by atoms with Crippen LogP contribution >= 0.6 is 0 Å². The number of para-hydroxylation sites is 1. The lowest BCUT2D eigenvalue weighted by Gasteiger charge is -2.33. The standard InChI is InChI=1S/C26H37N3O3S/c1-19(2)24-10-6-7-11-25(24)29(33(5,31)32)18-26(30)27-21(4)22-12-14-23(15-13-22)28-16-8-9-20(3)17-28/h6-7,10-15,19-21H,8-9,16-18H2,1-5H3,(H,27,30). The van der Waals surface area contributed by atoms with Crippen molar-refractivity contribution in [3.05, 3.63) is 59.7 Å². The number of carbonyl (C=O) groups is 1. The molecule has 3 rings (SSSR count). The number of carbonyl (C=O) groups excluding carboxylic acids is 1. The van der Waals surface area contributed by atoms with E-state index in [1.165, 1.54) is 22.8 Å². The Labute approximate surface area is 199 Å². The molecular formula is C26H37N3O3S. The number of rotatable bonds is 8. The normalized spacial score (nSPS) is 17.6. The molecule has 7 heteroatoms. The molecule has 1 fully saturated rings. The maximum absolute atomic E-state index is 12.9. The van der Waals surface area contributed by atoms with E-state index in [1.54, 1.807) is 12.1 Å². The Hall–Kier alpha value is -2.54. The van der Waals surface area contributed by atoms with Crippen LogP contribution in [0.25, 0.3) is 0 Å². The number of sulfonamides is 1. The molecule has 0 bridgehead atoms. The SMILES string of the molecule is CC1CCCN(c2ccc(C(C)NC(=O)CN(c3ccccc3C(C)C)S(C)(=O)=O)cc2)C1. The number of anilines is 2. The first-order valence-corrected chi connectivity index (χ1v) is 13.6. The predicted octanol–water partition coefficient (Wildman–Crippen LogP) is 4.69. The van der Waals surface area contributed by atoms with Gasteiger partial charge in [-0.05, 0) is 60.9 Å². The van der Waals surface area contributed by atoms with Crippen LogP contribution in [-0.4, -0.2) is 40.2 Å². The second kappa shape index (κ2) is 10.6. The summed E-state index contributed by atoms with van der Waals surface area (Å²) in [5.74, 6) is 0.504. The molecule has 1 saturated heterocycles. The Kier molecular flexibility index (Phi) is 8.05. The highest BCUT2D eigenvalue weighted by atomic mass is 32.2. The molecule has 2 atom stereocenters. The molecule has 1 N–H and O–H groups in total. The first-order chi connectivity index (χ1) is 15.6. The van der Waals surface area contributed by atoms with Crippen molar-refractivity contribution in [2.45, 2.75) is 52.5 Å². The number of nitrogens with one attached hydrogen (secondary N) is 1. The van der Waals surface area contributed by atoms with Crippen LogP contribution in [0, 0.1) is 5.92 Å². The molecule has 0 radical (unpaired) electrons. The molecule has 1 amide bonds. The van der Waals surface area contributed by atoms with E-state index in [2.05, 4.69) is 29.3 Å². The minimum Gasteiger partial charge on any atom is -0.371 e. The summed E-state index contributed by atoms with van der Waals surface area (Å²) in [5.41, 5.74) is 3.65. The molecule has 1 heterocycles. The smallest absolute Gasteiger partial charge is 0.241 e. The van der Waals surface area contributed by atoms with Gasteiger partial charge in [-0.15, -0.1) is 0 Å². The second-order valence-electron chi connectivity index (χ2n) is 9.56. The van der Waals surface area contributed by atoms with Gasteiger partial charge in [0.1, 0.15) is 6.54 Å². The van der Waals surface area contributed by atoms with Crippen LogP contribution in [0.4, 0.5) is 11.4 Å². The molecule has 0 spiro atoms. The Morgan fingerprint density at radius 2 is 1.79 bits per heavy atom. The highest BCUT2D eigenvalue weighted by Crippen LogP contribution is 2.29. The summed E-state index contributed by atoms with van der Waals surface area (Å²) >= 11 is 0. The van der Waals surface area contributed by atoms with E-state index in [1.807, 2.05) is 45.0 Å². The highest BCUT2D eigenvalue weighted by Gasteiger charge is 2.25. The van der Waals surface area contributed by atoms with E-state index < -0.39 is 10.0 Å². The first-order valence-electron chi connectivity index (χ1n) is 11.8. The van der Waals surface area contributed by atoms with E-state index in [0.29, 0.717) is 11.6 Å². The summed E-state index contributed by atoms with van der Waals surface area (Å²) in [4.78, 5) is 15.3. The Morgan fingerprint density at radius 1 is 1.12 bits per heavy atom. The van der Waals surface area contributed by atoms with E-state index in [9.17, 15) is 13.2 Å². The van der Waals surface area contributed by atoms with Crippen LogP contribution in [-0.2, 0) is 14.8 Å². The molecule has 0 saturated carbocycles. The molecule has 180 valence electrons. The fourth-order valence-electron chi connectivity index (χ4n) is 4.48. The zero-order valence-electron chi connectivity index (χ0n) is 20.4. The largest absolute Gasteiger partial charge is 0.371 e. The first kappa shape index (κ1) is 25.1. The molecule has 2 aromatic rings. The average molecular weight is 472 g/mol. The van der Waals surface area contributed by atoms with Crippen molar-refractivity contribution >= 4 is 27.3 Å². The molecule has 1 aliphatic heterocycles. The van der Waals surface area contributed by atoms with Gasteiger partial charge in [-0.3, -0.25) is 9.10 Å². The number of piperidine rings is 1. The average Bonchev–Trinajstić information content (AvgIpc) is 2.76. The monoisotopic (exact) mass is 471 g/mol. The van der Waals surface area contributed by atoms with Crippen molar-refractivity contribution in [3.63, 3.8) is 0 Å². The lowest BCUT2D eigenvalue weighted by atomic mass is 9.99. The van der Waals surface area contributed by atoms with Gasteiger partial charge >= 0.3 is 0 Å². The van der Waals surface area contributed by atoms with Gasteiger partial charge in [-0.1, -0.05) is 51.1 Å². The number of benzene rings is 2. The lowest BCUT2D eigenvalue weighted by Crippen LogP contribution is -2.41. The third kappa shape index (κ3) is 6.50. The third-order valence-electron chi connectivity index (χ3n) is 6.31. The van der Waals surface area contributed by atoms with Crippen LogP contribution < -0.4 is 14.5 Å². The van der Waals surface area contributed by atoms with Crippen molar-refractivity contribution in [2.75, 3.05) is 35.1 Å². The number of amides is 1. The summed E-state index contributed by atoms with van der Waals surface area (Å²) in [5, 5.41) is 2.96. The summed E-state index contributed by atoms with van der Waals surface area (Å²) in [6, 6.07) is 15.4. The van der Waals surface area contributed by atoms with Gasteiger partial charge in [0.05, 0.1) is 18.0 Å².